The molecule has 0 saturated heterocycles. The molecule has 0 spiro atoms. The van der Waals surface area contributed by atoms with Crippen molar-refractivity contribution >= 4 is 82.5 Å². The van der Waals surface area contributed by atoms with Crippen molar-refractivity contribution in [3.63, 3.8) is 0 Å². The largest absolute Gasteiger partial charge is 0.456 e. The second-order valence-corrected chi connectivity index (χ2v) is 15.4. The van der Waals surface area contributed by atoms with Crippen molar-refractivity contribution in [2.75, 3.05) is 4.90 Å². The molecule has 59 heavy (non-hydrogen) atoms. The zero-order chi connectivity index (χ0) is 38.9. The summed E-state index contributed by atoms with van der Waals surface area (Å²) in [6, 6.07) is 76.1. The summed E-state index contributed by atoms with van der Waals surface area (Å²) in [5.41, 5.74) is 13.8. The lowest BCUT2D eigenvalue weighted by molar-refractivity contribution is 0.668. The van der Waals surface area contributed by atoms with E-state index in [0.717, 1.165) is 94.3 Å². The quantitative estimate of drug-likeness (QED) is 0.169. The molecule has 0 aliphatic heterocycles. The second kappa shape index (κ2) is 13.4. The number of hydrogen-bond acceptors (Lipinski definition) is 3. The SMILES string of the molecule is c1ccc(N(c2ccc3ccccc3c2)c2ccc3cc(-c4cc(-c5ccc6oc7ccccc7c6c5)cc(-c5ccc6oc7ccccc7c6c5)c4)ccc3c2)cc1. The van der Waals surface area contributed by atoms with Gasteiger partial charge in [-0.1, -0.05) is 115 Å². The molecule has 0 atom stereocenters. The van der Waals surface area contributed by atoms with Crippen LogP contribution in [0.4, 0.5) is 17.1 Å². The Balaban J connectivity index is 0.994. The number of benzene rings is 10. The van der Waals surface area contributed by atoms with Gasteiger partial charge in [-0.25, -0.2) is 0 Å². The Morgan fingerprint density at radius 1 is 0.237 bits per heavy atom. The van der Waals surface area contributed by atoms with E-state index < -0.39 is 0 Å². The van der Waals surface area contributed by atoms with Crippen molar-refractivity contribution in [2.24, 2.45) is 0 Å². The molecule has 10 aromatic carbocycles. The monoisotopic (exact) mass is 753 g/mol. The van der Waals surface area contributed by atoms with Crippen LogP contribution in [0.1, 0.15) is 0 Å². The molecule has 276 valence electrons. The van der Waals surface area contributed by atoms with E-state index in [2.05, 4.69) is 193 Å². The Hall–Kier alpha value is -7.88. The maximum atomic E-state index is 6.22. The van der Waals surface area contributed by atoms with Crippen LogP contribution in [0.2, 0.25) is 0 Å². The summed E-state index contributed by atoms with van der Waals surface area (Å²) in [4.78, 5) is 2.34. The lowest BCUT2D eigenvalue weighted by atomic mass is 9.91. The third-order valence-electron chi connectivity index (χ3n) is 11.8. The minimum absolute atomic E-state index is 0.893. The Labute approximate surface area is 340 Å². The molecule has 0 unspecified atom stereocenters. The van der Waals surface area contributed by atoms with E-state index in [1.165, 1.54) is 21.5 Å². The Morgan fingerprint density at radius 2 is 0.661 bits per heavy atom. The van der Waals surface area contributed by atoms with Gasteiger partial charge in [0.25, 0.3) is 0 Å². The Kier molecular flexibility index (Phi) is 7.54. The van der Waals surface area contributed by atoms with Gasteiger partial charge in [-0.15, -0.1) is 0 Å². The standard InChI is InChI=1S/C56H35NO2/c1-2-12-46(13-3-1)57(47-24-20-36-10-4-5-11-37(36)32-47)48-25-21-38-28-39(18-19-40(38)33-48)43-29-44(41-22-26-55-51(34-41)49-14-6-8-16-53(49)58-55)31-45(30-43)42-23-27-56-52(35-42)50-15-7-9-17-54(50)59-56/h1-35H. The number of anilines is 3. The molecule has 0 bridgehead atoms. The van der Waals surface area contributed by atoms with Gasteiger partial charge in [0.05, 0.1) is 0 Å². The third kappa shape index (κ3) is 5.75. The number of fused-ring (bicyclic) bond motifs is 8. The lowest BCUT2D eigenvalue weighted by Gasteiger charge is -2.26. The summed E-state index contributed by atoms with van der Waals surface area (Å²) in [5.74, 6) is 0. The smallest absolute Gasteiger partial charge is 0.135 e. The van der Waals surface area contributed by atoms with Gasteiger partial charge < -0.3 is 13.7 Å². The average molecular weight is 754 g/mol. The van der Waals surface area contributed by atoms with E-state index in [4.69, 9.17) is 8.83 Å². The van der Waals surface area contributed by atoms with Gasteiger partial charge in [0.15, 0.2) is 0 Å². The van der Waals surface area contributed by atoms with Gasteiger partial charge in [-0.2, -0.15) is 0 Å². The molecule has 0 saturated carbocycles. The molecule has 2 heterocycles. The van der Waals surface area contributed by atoms with Gasteiger partial charge in [-0.3, -0.25) is 0 Å². The van der Waals surface area contributed by atoms with Crippen LogP contribution in [-0.4, -0.2) is 0 Å². The fourth-order valence-electron chi connectivity index (χ4n) is 8.83. The highest BCUT2D eigenvalue weighted by Crippen LogP contribution is 2.41. The molecule has 0 radical (unpaired) electrons. The molecule has 0 aliphatic rings. The topological polar surface area (TPSA) is 29.5 Å². The molecule has 12 rings (SSSR count). The first-order chi connectivity index (χ1) is 29.2. The number of hydrogen-bond donors (Lipinski definition) is 0. The predicted octanol–water partition coefficient (Wildman–Crippen LogP) is 16.3. The van der Waals surface area contributed by atoms with Crippen LogP contribution in [0.5, 0.6) is 0 Å². The van der Waals surface area contributed by atoms with E-state index in [-0.39, 0.29) is 0 Å². The van der Waals surface area contributed by atoms with Crippen molar-refractivity contribution in [3.05, 3.63) is 212 Å². The maximum absolute atomic E-state index is 6.22. The normalized spacial score (nSPS) is 11.7. The molecular weight excluding hydrogens is 719 g/mol. The maximum Gasteiger partial charge on any atom is 0.135 e. The summed E-state index contributed by atoms with van der Waals surface area (Å²) >= 11 is 0. The van der Waals surface area contributed by atoms with Crippen molar-refractivity contribution in [3.8, 4) is 33.4 Å². The predicted molar refractivity (Wildman–Crippen MR) is 247 cm³/mol. The molecule has 3 nitrogen and oxygen atoms in total. The average Bonchev–Trinajstić information content (AvgIpc) is 3.87. The number of rotatable bonds is 6. The molecule has 3 heteroatoms. The highest BCUT2D eigenvalue weighted by molar-refractivity contribution is 6.08. The highest BCUT2D eigenvalue weighted by Gasteiger charge is 2.16. The van der Waals surface area contributed by atoms with Gasteiger partial charge >= 0.3 is 0 Å². The van der Waals surface area contributed by atoms with Gasteiger partial charge in [0.2, 0.25) is 0 Å². The molecule has 0 aliphatic carbocycles. The Morgan fingerprint density at radius 3 is 1.27 bits per heavy atom. The van der Waals surface area contributed by atoms with Crippen molar-refractivity contribution in [1.82, 2.24) is 0 Å². The number of para-hydroxylation sites is 3. The number of nitrogens with zero attached hydrogens (tertiary/aromatic N) is 1. The van der Waals surface area contributed by atoms with Crippen molar-refractivity contribution in [1.29, 1.82) is 0 Å². The summed E-state index contributed by atoms with van der Waals surface area (Å²) in [7, 11) is 0. The summed E-state index contributed by atoms with van der Waals surface area (Å²) in [6.07, 6.45) is 0. The highest BCUT2D eigenvalue weighted by atomic mass is 16.3. The minimum Gasteiger partial charge on any atom is -0.456 e. The molecular formula is C56H35NO2. The van der Waals surface area contributed by atoms with E-state index >= 15 is 0 Å². The van der Waals surface area contributed by atoms with Crippen LogP contribution in [-0.2, 0) is 0 Å². The molecule has 2 aromatic heterocycles. The zero-order valence-electron chi connectivity index (χ0n) is 32.0. The number of furan rings is 2. The van der Waals surface area contributed by atoms with Crippen LogP contribution < -0.4 is 4.90 Å². The fraction of sp³-hybridized carbons (Fsp3) is 0. The van der Waals surface area contributed by atoms with E-state index in [1.54, 1.807) is 0 Å². The van der Waals surface area contributed by atoms with Crippen LogP contribution in [0, 0.1) is 0 Å². The van der Waals surface area contributed by atoms with Crippen LogP contribution in [0.15, 0.2) is 221 Å². The summed E-state index contributed by atoms with van der Waals surface area (Å²) in [5, 5.41) is 9.29. The molecule has 0 N–H and O–H groups in total. The first kappa shape index (κ1) is 33.3. The first-order valence-electron chi connectivity index (χ1n) is 20.1. The van der Waals surface area contributed by atoms with Crippen molar-refractivity contribution in [2.45, 2.75) is 0 Å². The molecule has 12 aromatic rings. The lowest BCUT2D eigenvalue weighted by Crippen LogP contribution is -2.09. The van der Waals surface area contributed by atoms with Gasteiger partial charge in [-0.05, 0) is 152 Å². The van der Waals surface area contributed by atoms with Crippen LogP contribution in [0.3, 0.4) is 0 Å². The third-order valence-corrected chi connectivity index (χ3v) is 11.8. The van der Waals surface area contributed by atoms with E-state index in [0.29, 0.717) is 0 Å². The van der Waals surface area contributed by atoms with Crippen LogP contribution in [0.25, 0.3) is 98.8 Å². The van der Waals surface area contributed by atoms with Gasteiger partial charge in [0, 0.05) is 38.6 Å². The minimum atomic E-state index is 0.893. The van der Waals surface area contributed by atoms with Crippen LogP contribution >= 0.6 is 0 Å². The first-order valence-corrected chi connectivity index (χ1v) is 20.1. The molecule has 0 fully saturated rings. The van der Waals surface area contributed by atoms with Crippen molar-refractivity contribution < 1.29 is 8.83 Å². The summed E-state index contributed by atoms with van der Waals surface area (Å²) in [6.45, 7) is 0. The molecule has 0 amide bonds. The summed E-state index contributed by atoms with van der Waals surface area (Å²) < 4.78 is 12.4. The second-order valence-electron chi connectivity index (χ2n) is 15.4. The Bertz CT molecular complexity index is 3440. The van der Waals surface area contributed by atoms with E-state index in [1.807, 2.05) is 24.3 Å². The van der Waals surface area contributed by atoms with E-state index in [9.17, 15) is 0 Å². The fourth-order valence-corrected chi connectivity index (χ4v) is 8.83. The van der Waals surface area contributed by atoms with Gasteiger partial charge in [0.1, 0.15) is 22.3 Å². The zero-order valence-corrected chi connectivity index (χ0v) is 32.0.